The van der Waals surface area contributed by atoms with Gasteiger partial charge in [-0.15, -0.1) is 0 Å². The van der Waals surface area contributed by atoms with Gasteiger partial charge < -0.3 is 33.7 Å². The molecule has 0 radical (unpaired) electrons. The third kappa shape index (κ3) is 31.3. The Labute approximate surface area is 229 Å². The molecule has 0 heterocycles. The van der Waals surface area contributed by atoms with E-state index in [1.54, 1.807) is 0 Å². The zero-order valence-corrected chi connectivity index (χ0v) is 24.6. The highest BCUT2D eigenvalue weighted by Gasteiger charge is 2.01. The first-order valence-corrected chi connectivity index (χ1v) is 14.8. The SMILES string of the molecule is CCC(C)CCCOCCOCCOCCOCCOCCNC(=O)CCCCCCCCOC(C)C.[HH]. The molecule has 0 aliphatic heterocycles. The van der Waals surface area contributed by atoms with Crippen molar-refractivity contribution in [1.29, 1.82) is 0 Å². The van der Waals surface area contributed by atoms with Gasteiger partial charge in [0, 0.05) is 27.6 Å². The molecule has 8 nitrogen and oxygen atoms in total. The standard InChI is InChI=1S/C29H59NO7.H2/c1-5-28(4)13-12-16-32-19-21-34-23-25-36-26-24-35-22-20-33-18-15-30-29(31)14-10-8-6-7-9-11-17-37-27(2)3;/h27-28H,5-26H2,1-4H3,(H,30,31);1H. The molecule has 224 valence electrons. The summed E-state index contributed by atoms with van der Waals surface area (Å²) in [6.07, 6.45) is 11.3. The van der Waals surface area contributed by atoms with Gasteiger partial charge in [-0.25, -0.2) is 0 Å². The van der Waals surface area contributed by atoms with Crippen molar-refractivity contribution < 1.29 is 34.6 Å². The van der Waals surface area contributed by atoms with Crippen molar-refractivity contribution in [2.45, 2.75) is 98.0 Å². The van der Waals surface area contributed by atoms with E-state index < -0.39 is 0 Å². The lowest BCUT2D eigenvalue weighted by Gasteiger charge is -2.09. The molecule has 8 heteroatoms. The van der Waals surface area contributed by atoms with Crippen molar-refractivity contribution in [1.82, 2.24) is 5.32 Å². The minimum absolute atomic E-state index is 0. The molecule has 0 aliphatic rings. The van der Waals surface area contributed by atoms with Crippen molar-refractivity contribution in [3.8, 4) is 0 Å². The van der Waals surface area contributed by atoms with Crippen LogP contribution in [0.25, 0.3) is 0 Å². The van der Waals surface area contributed by atoms with E-state index >= 15 is 0 Å². The second kappa shape index (κ2) is 29.8. The van der Waals surface area contributed by atoms with Crippen LogP contribution in [0.5, 0.6) is 0 Å². The average Bonchev–Trinajstić information content (AvgIpc) is 2.88. The van der Waals surface area contributed by atoms with Crippen LogP contribution in [-0.2, 0) is 33.2 Å². The summed E-state index contributed by atoms with van der Waals surface area (Å²) in [5, 5.41) is 2.91. The highest BCUT2D eigenvalue weighted by atomic mass is 16.6. The van der Waals surface area contributed by atoms with Crippen LogP contribution >= 0.6 is 0 Å². The average molecular weight is 536 g/mol. The second-order valence-electron chi connectivity index (χ2n) is 9.86. The number of carbonyl (C=O) groups excluding carboxylic acids is 1. The van der Waals surface area contributed by atoms with E-state index in [-0.39, 0.29) is 7.33 Å². The number of hydrogen-bond acceptors (Lipinski definition) is 7. The topological polar surface area (TPSA) is 84.5 Å². The Morgan fingerprint density at radius 1 is 0.622 bits per heavy atom. The zero-order valence-electron chi connectivity index (χ0n) is 24.6. The number of ether oxygens (including phenoxy) is 6. The Bertz CT molecular complexity index is 472. The highest BCUT2D eigenvalue weighted by Crippen LogP contribution is 2.09. The van der Waals surface area contributed by atoms with Crippen molar-refractivity contribution in [3.63, 3.8) is 0 Å². The maximum absolute atomic E-state index is 11.8. The molecule has 37 heavy (non-hydrogen) atoms. The van der Waals surface area contributed by atoms with Crippen LogP contribution in [0.15, 0.2) is 0 Å². The van der Waals surface area contributed by atoms with Gasteiger partial charge in [0.25, 0.3) is 0 Å². The minimum atomic E-state index is 0. The molecule has 0 aromatic heterocycles. The van der Waals surface area contributed by atoms with Gasteiger partial charge in [0.15, 0.2) is 0 Å². The number of hydrogen-bond donors (Lipinski definition) is 1. The Balaban J connectivity index is 0. The molecule has 0 fully saturated rings. The van der Waals surface area contributed by atoms with Gasteiger partial charge in [0.05, 0.1) is 65.6 Å². The molecule has 0 saturated carbocycles. The molecule has 0 aromatic rings. The van der Waals surface area contributed by atoms with Crippen LogP contribution in [0.3, 0.4) is 0 Å². The Morgan fingerprint density at radius 3 is 1.65 bits per heavy atom. The van der Waals surface area contributed by atoms with E-state index in [0.717, 1.165) is 44.8 Å². The molecule has 0 aliphatic carbocycles. The van der Waals surface area contributed by atoms with E-state index in [2.05, 4.69) is 33.0 Å². The smallest absolute Gasteiger partial charge is 0.220 e. The van der Waals surface area contributed by atoms with Gasteiger partial charge in [-0.1, -0.05) is 46.0 Å². The lowest BCUT2D eigenvalue weighted by atomic mass is 10.0. The number of carbonyl (C=O) groups is 1. The van der Waals surface area contributed by atoms with Crippen LogP contribution in [0, 0.1) is 5.92 Å². The molecular weight excluding hydrogens is 474 g/mol. The first-order valence-electron chi connectivity index (χ1n) is 14.8. The monoisotopic (exact) mass is 535 g/mol. The Morgan fingerprint density at radius 2 is 1.11 bits per heavy atom. The lowest BCUT2D eigenvalue weighted by molar-refractivity contribution is -0.121. The summed E-state index contributed by atoms with van der Waals surface area (Å²) in [7, 11) is 0. The van der Waals surface area contributed by atoms with Gasteiger partial charge in [-0.05, 0) is 45.4 Å². The fraction of sp³-hybridized carbons (Fsp3) is 0.966. The molecule has 0 saturated heterocycles. The molecule has 0 bridgehead atoms. The van der Waals surface area contributed by atoms with Crippen LogP contribution in [0.1, 0.15) is 93.3 Å². The summed E-state index contributed by atoms with van der Waals surface area (Å²) in [4.78, 5) is 11.8. The summed E-state index contributed by atoms with van der Waals surface area (Å²) in [6, 6.07) is 0. The molecule has 0 spiro atoms. The summed E-state index contributed by atoms with van der Waals surface area (Å²) in [6.45, 7) is 15.8. The minimum Gasteiger partial charge on any atom is -0.379 e. The normalized spacial score (nSPS) is 12.4. The quantitative estimate of drug-likeness (QED) is 0.123. The molecule has 0 aromatic carbocycles. The summed E-state index contributed by atoms with van der Waals surface area (Å²) in [5.74, 6) is 0.893. The second-order valence-corrected chi connectivity index (χ2v) is 9.86. The van der Waals surface area contributed by atoms with Crippen molar-refractivity contribution in [2.75, 3.05) is 79.2 Å². The summed E-state index contributed by atoms with van der Waals surface area (Å²) < 4.78 is 33.0. The third-order valence-corrected chi connectivity index (χ3v) is 5.99. The van der Waals surface area contributed by atoms with Gasteiger partial charge in [0.2, 0.25) is 5.91 Å². The molecule has 1 amide bonds. The highest BCUT2D eigenvalue weighted by molar-refractivity contribution is 5.75. The van der Waals surface area contributed by atoms with E-state index in [1.807, 2.05) is 0 Å². The Kier molecular flexibility index (Phi) is 29.2. The van der Waals surface area contributed by atoms with Crippen molar-refractivity contribution in [2.24, 2.45) is 5.92 Å². The summed E-state index contributed by atoms with van der Waals surface area (Å²) >= 11 is 0. The van der Waals surface area contributed by atoms with E-state index in [0.29, 0.717) is 78.5 Å². The fourth-order valence-corrected chi connectivity index (χ4v) is 3.48. The predicted octanol–water partition coefficient (Wildman–Crippen LogP) is 5.41. The largest absolute Gasteiger partial charge is 0.379 e. The maximum atomic E-state index is 11.8. The van der Waals surface area contributed by atoms with Gasteiger partial charge in [-0.2, -0.15) is 0 Å². The number of unbranched alkanes of at least 4 members (excludes halogenated alkanes) is 5. The van der Waals surface area contributed by atoms with E-state index in [1.165, 1.54) is 32.1 Å². The zero-order chi connectivity index (χ0) is 27.2. The van der Waals surface area contributed by atoms with Crippen LogP contribution in [0.4, 0.5) is 0 Å². The van der Waals surface area contributed by atoms with Crippen LogP contribution in [-0.4, -0.2) is 91.2 Å². The molecule has 1 unspecified atom stereocenters. The van der Waals surface area contributed by atoms with Gasteiger partial charge in [0.1, 0.15) is 0 Å². The molecular formula is C29H61NO7. The molecule has 1 N–H and O–H groups in total. The Hall–Kier alpha value is -0.770. The maximum Gasteiger partial charge on any atom is 0.220 e. The lowest BCUT2D eigenvalue weighted by Crippen LogP contribution is -2.27. The first kappa shape index (κ1) is 36.2. The van der Waals surface area contributed by atoms with Crippen molar-refractivity contribution >= 4 is 5.91 Å². The first-order chi connectivity index (χ1) is 18.1. The third-order valence-electron chi connectivity index (χ3n) is 5.99. The number of amides is 1. The van der Waals surface area contributed by atoms with Crippen molar-refractivity contribution in [3.05, 3.63) is 0 Å². The van der Waals surface area contributed by atoms with E-state index in [4.69, 9.17) is 28.4 Å². The predicted molar refractivity (Wildman–Crippen MR) is 151 cm³/mol. The summed E-state index contributed by atoms with van der Waals surface area (Å²) in [5.41, 5.74) is 0. The van der Waals surface area contributed by atoms with Gasteiger partial charge in [-0.3, -0.25) is 4.79 Å². The van der Waals surface area contributed by atoms with Crippen LogP contribution in [0.2, 0.25) is 0 Å². The number of nitrogens with one attached hydrogen (secondary N) is 1. The molecule has 1 atom stereocenters. The van der Waals surface area contributed by atoms with E-state index in [9.17, 15) is 4.79 Å². The fourth-order valence-electron chi connectivity index (χ4n) is 3.48. The van der Waals surface area contributed by atoms with Crippen LogP contribution < -0.4 is 5.32 Å². The number of rotatable bonds is 30. The molecule has 0 rings (SSSR count). The van der Waals surface area contributed by atoms with Gasteiger partial charge >= 0.3 is 0 Å².